The highest BCUT2D eigenvalue weighted by Crippen LogP contribution is 2.34. The number of hydrogen-bond donors (Lipinski definition) is 1. The second-order valence-electron chi connectivity index (χ2n) is 5.99. The number of esters is 1. The van der Waals surface area contributed by atoms with Gasteiger partial charge in [-0.1, -0.05) is 17.7 Å². The Bertz CT molecular complexity index is 986. The molecule has 0 amide bonds. The van der Waals surface area contributed by atoms with Crippen molar-refractivity contribution >= 4 is 27.5 Å². The highest BCUT2D eigenvalue weighted by molar-refractivity contribution is 7.18. The molecule has 1 aliphatic carbocycles. The largest absolute Gasteiger partial charge is 0.454 e. The molecule has 0 radical (unpaired) electrons. The number of ether oxygens (including phenoxy) is 1. The van der Waals surface area contributed by atoms with E-state index in [9.17, 15) is 9.59 Å². The molecule has 1 aromatic carbocycles. The van der Waals surface area contributed by atoms with Crippen LogP contribution in [0.2, 0.25) is 0 Å². The molecule has 3 aromatic rings. The Hall–Kier alpha value is -2.47. The van der Waals surface area contributed by atoms with Crippen LogP contribution in [0.3, 0.4) is 0 Å². The predicted octanol–water partition coefficient (Wildman–Crippen LogP) is 3.14. The van der Waals surface area contributed by atoms with E-state index in [2.05, 4.69) is 9.97 Å². The van der Waals surface area contributed by atoms with Gasteiger partial charge in [0.2, 0.25) is 0 Å². The van der Waals surface area contributed by atoms with Crippen LogP contribution in [0.25, 0.3) is 10.2 Å². The number of carbonyl (C=O) groups excluding carboxylic acids is 1. The van der Waals surface area contributed by atoms with Gasteiger partial charge in [0.05, 0.1) is 10.9 Å². The van der Waals surface area contributed by atoms with E-state index < -0.39 is 5.97 Å². The molecule has 0 saturated heterocycles. The number of thiophene rings is 1. The number of fused-ring (bicyclic) bond motifs is 3. The van der Waals surface area contributed by atoms with Gasteiger partial charge in [0.25, 0.3) is 5.56 Å². The van der Waals surface area contributed by atoms with Gasteiger partial charge in [0.1, 0.15) is 17.3 Å². The lowest BCUT2D eigenvalue weighted by Crippen LogP contribution is -2.14. The summed E-state index contributed by atoms with van der Waals surface area (Å²) in [7, 11) is 0. The van der Waals surface area contributed by atoms with E-state index in [1.54, 1.807) is 23.5 Å². The second kappa shape index (κ2) is 5.87. The molecule has 0 spiro atoms. The Labute approximate surface area is 142 Å². The van der Waals surface area contributed by atoms with Crippen molar-refractivity contribution in [2.45, 2.75) is 32.8 Å². The molecule has 0 saturated carbocycles. The molecule has 0 unspecified atom stereocenters. The average molecular weight is 340 g/mol. The first-order valence-electron chi connectivity index (χ1n) is 7.89. The smallest absolute Gasteiger partial charge is 0.338 e. The monoisotopic (exact) mass is 340 g/mol. The molecule has 0 atom stereocenters. The van der Waals surface area contributed by atoms with Crippen molar-refractivity contribution in [2.75, 3.05) is 0 Å². The summed E-state index contributed by atoms with van der Waals surface area (Å²) in [4.78, 5) is 33.6. The molecule has 0 fully saturated rings. The number of aryl methyl sites for hydroxylation is 3. The number of nitrogens with one attached hydrogen (secondary N) is 1. The Morgan fingerprint density at radius 1 is 1.29 bits per heavy atom. The fourth-order valence-corrected chi connectivity index (χ4v) is 4.30. The molecule has 2 aromatic heterocycles. The van der Waals surface area contributed by atoms with Gasteiger partial charge in [0, 0.05) is 4.88 Å². The summed E-state index contributed by atoms with van der Waals surface area (Å²) in [6.45, 7) is 1.91. The Balaban J connectivity index is 1.56. The summed E-state index contributed by atoms with van der Waals surface area (Å²) < 4.78 is 5.27. The van der Waals surface area contributed by atoms with E-state index in [1.807, 2.05) is 19.1 Å². The molecule has 1 N–H and O–H groups in total. The molecule has 5 nitrogen and oxygen atoms in total. The van der Waals surface area contributed by atoms with Crippen molar-refractivity contribution < 1.29 is 9.53 Å². The van der Waals surface area contributed by atoms with Gasteiger partial charge >= 0.3 is 5.97 Å². The van der Waals surface area contributed by atoms with Gasteiger partial charge in [-0.05, 0) is 43.9 Å². The zero-order valence-corrected chi connectivity index (χ0v) is 14.0. The summed E-state index contributed by atoms with van der Waals surface area (Å²) in [5.74, 6) is -0.0423. The summed E-state index contributed by atoms with van der Waals surface area (Å²) in [5, 5.41) is 0.709. The predicted molar refractivity (Wildman–Crippen MR) is 92.6 cm³/mol. The zero-order chi connectivity index (χ0) is 16.7. The van der Waals surface area contributed by atoms with E-state index in [0.29, 0.717) is 16.8 Å². The highest BCUT2D eigenvalue weighted by Gasteiger charge is 2.21. The first-order valence-corrected chi connectivity index (χ1v) is 8.71. The normalized spacial score (nSPS) is 13.2. The summed E-state index contributed by atoms with van der Waals surface area (Å²) >= 11 is 1.58. The summed E-state index contributed by atoms with van der Waals surface area (Å²) in [5.41, 5.74) is 2.57. The van der Waals surface area contributed by atoms with Crippen LogP contribution in [0.1, 0.15) is 38.6 Å². The van der Waals surface area contributed by atoms with Crippen molar-refractivity contribution in [3.63, 3.8) is 0 Å². The topological polar surface area (TPSA) is 72.0 Å². The van der Waals surface area contributed by atoms with Gasteiger partial charge in [0.15, 0.2) is 0 Å². The molecular formula is C18H16N2O3S. The maximum absolute atomic E-state index is 12.3. The zero-order valence-electron chi connectivity index (χ0n) is 13.2. The molecule has 4 rings (SSSR count). The quantitative estimate of drug-likeness (QED) is 0.744. The molecular weight excluding hydrogens is 324 g/mol. The van der Waals surface area contributed by atoms with Crippen molar-refractivity contribution in [1.82, 2.24) is 9.97 Å². The van der Waals surface area contributed by atoms with Crippen molar-refractivity contribution in [2.24, 2.45) is 0 Å². The van der Waals surface area contributed by atoms with Crippen LogP contribution >= 0.6 is 11.3 Å². The van der Waals surface area contributed by atoms with Crippen molar-refractivity contribution in [1.29, 1.82) is 0 Å². The number of carbonyl (C=O) groups is 1. The fraction of sp³-hybridized carbons (Fsp3) is 0.278. The van der Waals surface area contributed by atoms with E-state index in [1.165, 1.54) is 4.88 Å². The van der Waals surface area contributed by atoms with E-state index >= 15 is 0 Å². The maximum Gasteiger partial charge on any atom is 0.338 e. The second-order valence-corrected chi connectivity index (χ2v) is 7.08. The molecule has 2 heterocycles. The van der Waals surface area contributed by atoms with Gasteiger partial charge in [-0.2, -0.15) is 0 Å². The standard InChI is InChI=1S/C18H16N2O3S/c1-10-5-7-11(8-6-10)18(22)23-9-14-19-16(21)15-12-3-2-4-13(12)24-17(15)20-14/h5-8H,2-4,9H2,1H3,(H,19,20,21). The maximum atomic E-state index is 12.3. The SMILES string of the molecule is Cc1ccc(C(=O)OCc2nc3sc4c(c3c(=O)[nH]2)CCC4)cc1. The van der Waals surface area contributed by atoms with Gasteiger partial charge < -0.3 is 9.72 Å². The lowest BCUT2D eigenvalue weighted by Gasteiger charge is -2.05. The number of benzene rings is 1. The average Bonchev–Trinajstić information content (AvgIpc) is 3.13. The Morgan fingerprint density at radius 2 is 2.08 bits per heavy atom. The van der Waals surface area contributed by atoms with Crippen LogP contribution in [-0.2, 0) is 24.2 Å². The molecule has 24 heavy (non-hydrogen) atoms. The van der Waals surface area contributed by atoms with Crippen molar-refractivity contribution in [3.05, 3.63) is 62.0 Å². The molecule has 0 aliphatic heterocycles. The lowest BCUT2D eigenvalue weighted by atomic mass is 10.1. The third kappa shape index (κ3) is 2.63. The lowest BCUT2D eigenvalue weighted by molar-refractivity contribution is 0.0462. The molecule has 1 aliphatic rings. The van der Waals surface area contributed by atoms with Crippen LogP contribution in [-0.4, -0.2) is 15.9 Å². The number of rotatable bonds is 3. The number of nitrogens with zero attached hydrogens (tertiary/aromatic N) is 1. The van der Waals surface area contributed by atoms with E-state index in [0.717, 1.165) is 35.2 Å². The van der Waals surface area contributed by atoms with Crippen LogP contribution in [0.15, 0.2) is 29.1 Å². The number of aromatic amines is 1. The third-order valence-electron chi connectivity index (χ3n) is 4.25. The van der Waals surface area contributed by atoms with Crippen LogP contribution < -0.4 is 5.56 Å². The third-order valence-corrected chi connectivity index (χ3v) is 5.44. The van der Waals surface area contributed by atoms with Crippen LogP contribution in [0, 0.1) is 6.92 Å². The minimum absolute atomic E-state index is 0.0412. The van der Waals surface area contributed by atoms with Crippen LogP contribution in [0.5, 0.6) is 0 Å². The Morgan fingerprint density at radius 3 is 2.88 bits per heavy atom. The van der Waals surface area contributed by atoms with Gasteiger partial charge in [-0.15, -0.1) is 11.3 Å². The summed E-state index contributed by atoms with van der Waals surface area (Å²) in [6.07, 6.45) is 3.07. The first-order chi connectivity index (χ1) is 11.6. The minimum atomic E-state index is -0.425. The molecule has 122 valence electrons. The Kier molecular flexibility index (Phi) is 3.69. The number of hydrogen-bond acceptors (Lipinski definition) is 5. The highest BCUT2D eigenvalue weighted by atomic mass is 32.1. The summed E-state index contributed by atoms with van der Waals surface area (Å²) in [6, 6.07) is 7.16. The van der Waals surface area contributed by atoms with E-state index in [4.69, 9.17) is 4.74 Å². The van der Waals surface area contributed by atoms with Crippen LogP contribution in [0.4, 0.5) is 0 Å². The van der Waals surface area contributed by atoms with Gasteiger partial charge in [-0.25, -0.2) is 9.78 Å². The minimum Gasteiger partial charge on any atom is -0.454 e. The van der Waals surface area contributed by atoms with Crippen molar-refractivity contribution in [3.8, 4) is 0 Å². The number of H-pyrrole nitrogens is 1. The fourth-order valence-electron chi connectivity index (χ4n) is 3.02. The molecule has 6 heteroatoms. The van der Waals surface area contributed by atoms with E-state index in [-0.39, 0.29) is 12.2 Å². The number of aromatic nitrogens is 2. The molecule has 0 bridgehead atoms. The van der Waals surface area contributed by atoms with Gasteiger partial charge in [-0.3, -0.25) is 4.79 Å². The first kappa shape index (κ1) is 15.1.